The number of nitro benzene ring substituents is 1. The molecule has 8 nitrogen and oxygen atoms in total. The van der Waals surface area contributed by atoms with Gasteiger partial charge in [-0.15, -0.1) is 0 Å². The molecule has 3 rings (SSSR count). The zero-order chi connectivity index (χ0) is 20.3. The summed E-state index contributed by atoms with van der Waals surface area (Å²) in [5.41, 5.74) is -0.416. The zero-order valence-corrected chi connectivity index (χ0v) is 15.1. The lowest BCUT2D eigenvalue weighted by Gasteiger charge is -2.34. The number of rotatable bonds is 5. The third-order valence-electron chi connectivity index (χ3n) is 4.25. The van der Waals surface area contributed by atoms with Gasteiger partial charge in [-0.05, 0) is 30.7 Å². The molecule has 1 N–H and O–H groups in total. The van der Waals surface area contributed by atoms with Gasteiger partial charge in [-0.3, -0.25) is 19.7 Å². The fraction of sp³-hybridized carbons (Fsp3) is 0.263. The second-order valence-electron chi connectivity index (χ2n) is 6.20. The lowest BCUT2D eigenvalue weighted by molar-refractivity contribution is -0.387. The Morgan fingerprint density at radius 1 is 1.32 bits per heavy atom. The summed E-state index contributed by atoms with van der Waals surface area (Å²) in [4.78, 5) is 36.8. The van der Waals surface area contributed by atoms with Gasteiger partial charge in [-0.1, -0.05) is 19.1 Å². The van der Waals surface area contributed by atoms with Crippen LogP contribution in [-0.4, -0.2) is 35.9 Å². The topological polar surface area (TPSA) is 102 Å². The van der Waals surface area contributed by atoms with Crippen molar-refractivity contribution < 1.29 is 23.6 Å². The van der Waals surface area contributed by atoms with Crippen LogP contribution in [0.4, 0.5) is 15.8 Å². The lowest BCUT2D eigenvalue weighted by atomic mass is 10.1. The maximum absolute atomic E-state index is 13.6. The lowest BCUT2D eigenvalue weighted by Crippen LogP contribution is -2.50. The number of fused-ring (bicyclic) bond motifs is 1. The van der Waals surface area contributed by atoms with Crippen LogP contribution in [0.3, 0.4) is 0 Å². The number of hydrogen-bond donors (Lipinski definition) is 1. The second kappa shape index (κ2) is 8.03. The normalized spacial score (nSPS) is 15.4. The van der Waals surface area contributed by atoms with E-state index in [0.29, 0.717) is 18.0 Å². The first-order chi connectivity index (χ1) is 13.4. The van der Waals surface area contributed by atoms with Crippen molar-refractivity contribution in [1.29, 1.82) is 0 Å². The van der Waals surface area contributed by atoms with Gasteiger partial charge in [-0.25, -0.2) is 0 Å². The Bertz CT molecular complexity index is 934. The van der Waals surface area contributed by atoms with Gasteiger partial charge in [-0.2, -0.15) is 4.39 Å². The van der Waals surface area contributed by atoms with Gasteiger partial charge in [0.1, 0.15) is 5.75 Å². The third-order valence-corrected chi connectivity index (χ3v) is 4.25. The highest BCUT2D eigenvalue weighted by atomic mass is 19.1. The minimum absolute atomic E-state index is 0.0579. The molecule has 1 aliphatic heterocycles. The number of anilines is 1. The summed E-state index contributed by atoms with van der Waals surface area (Å²) in [5, 5.41) is 13.7. The molecular weight excluding hydrogens is 369 g/mol. The van der Waals surface area contributed by atoms with Crippen molar-refractivity contribution in [1.82, 2.24) is 5.32 Å². The number of para-hydroxylation sites is 2. The maximum Gasteiger partial charge on any atom is 0.305 e. The van der Waals surface area contributed by atoms with Crippen LogP contribution >= 0.6 is 0 Å². The molecule has 28 heavy (non-hydrogen) atoms. The average molecular weight is 387 g/mol. The fourth-order valence-corrected chi connectivity index (χ4v) is 2.87. The molecule has 0 aromatic heterocycles. The maximum atomic E-state index is 13.6. The summed E-state index contributed by atoms with van der Waals surface area (Å²) in [6.45, 7) is 2.31. The second-order valence-corrected chi connectivity index (χ2v) is 6.20. The van der Waals surface area contributed by atoms with E-state index in [4.69, 9.17) is 4.74 Å². The minimum Gasteiger partial charge on any atom is -0.477 e. The van der Waals surface area contributed by atoms with Crippen molar-refractivity contribution in [2.24, 2.45) is 0 Å². The van der Waals surface area contributed by atoms with E-state index in [1.807, 2.05) is 6.92 Å². The number of nitro groups is 1. The summed E-state index contributed by atoms with van der Waals surface area (Å²) in [5.74, 6) is -1.64. The Balaban J connectivity index is 1.95. The molecule has 1 atom stereocenters. The highest BCUT2D eigenvalue weighted by Crippen LogP contribution is 2.34. The molecule has 1 heterocycles. The number of halogens is 1. The van der Waals surface area contributed by atoms with Crippen LogP contribution in [0.1, 0.15) is 23.7 Å². The van der Waals surface area contributed by atoms with E-state index in [2.05, 4.69) is 5.32 Å². The molecule has 2 amide bonds. The summed E-state index contributed by atoms with van der Waals surface area (Å²) in [7, 11) is 0. The quantitative estimate of drug-likeness (QED) is 0.628. The van der Waals surface area contributed by atoms with Crippen molar-refractivity contribution in [3.8, 4) is 5.75 Å². The van der Waals surface area contributed by atoms with Gasteiger partial charge in [0.05, 0.1) is 17.2 Å². The van der Waals surface area contributed by atoms with E-state index in [1.54, 1.807) is 24.3 Å². The van der Waals surface area contributed by atoms with Crippen LogP contribution in [-0.2, 0) is 4.79 Å². The monoisotopic (exact) mass is 387 g/mol. The molecule has 9 heteroatoms. The number of amides is 2. The Labute approximate surface area is 160 Å². The van der Waals surface area contributed by atoms with Crippen LogP contribution in [0, 0.1) is 15.9 Å². The fourth-order valence-electron chi connectivity index (χ4n) is 2.87. The van der Waals surface area contributed by atoms with Gasteiger partial charge in [0.2, 0.25) is 5.82 Å². The van der Waals surface area contributed by atoms with Crippen LogP contribution in [0.25, 0.3) is 0 Å². The number of ether oxygens (including phenoxy) is 1. The SMILES string of the molecule is CCCNC(=O)[C@H]1CN(C(=O)c2ccc(F)c([N+](=O)[O-])c2)c2ccccc2O1. The first-order valence-corrected chi connectivity index (χ1v) is 8.71. The molecular formula is C19H18FN3O5. The van der Waals surface area contributed by atoms with Gasteiger partial charge in [0, 0.05) is 18.2 Å². The van der Waals surface area contributed by atoms with E-state index < -0.39 is 28.4 Å². The molecule has 0 radical (unpaired) electrons. The van der Waals surface area contributed by atoms with Crippen molar-refractivity contribution in [2.45, 2.75) is 19.4 Å². The Kier molecular flexibility index (Phi) is 5.53. The molecule has 0 bridgehead atoms. The van der Waals surface area contributed by atoms with E-state index >= 15 is 0 Å². The zero-order valence-electron chi connectivity index (χ0n) is 15.1. The standard InChI is InChI=1S/C19H18FN3O5/c1-2-9-21-18(24)17-11-22(14-5-3-4-6-16(14)28-17)19(25)12-7-8-13(20)15(10-12)23(26)27/h3-8,10,17H,2,9,11H2,1H3,(H,21,24)/t17-/m1/s1. The molecule has 0 saturated heterocycles. The molecule has 2 aromatic rings. The van der Waals surface area contributed by atoms with E-state index in [0.717, 1.165) is 18.6 Å². The molecule has 0 saturated carbocycles. The number of hydrogen-bond acceptors (Lipinski definition) is 5. The molecule has 2 aromatic carbocycles. The Morgan fingerprint density at radius 2 is 2.07 bits per heavy atom. The van der Waals surface area contributed by atoms with Crippen molar-refractivity contribution >= 4 is 23.2 Å². The highest BCUT2D eigenvalue weighted by Gasteiger charge is 2.34. The van der Waals surface area contributed by atoms with Crippen LogP contribution < -0.4 is 15.0 Å². The minimum atomic E-state index is -1.03. The summed E-state index contributed by atoms with van der Waals surface area (Å²) in [6, 6.07) is 9.62. The Morgan fingerprint density at radius 3 is 2.79 bits per heavy atom. The first-order valence-electron chi connectivity index (χ1n) is 8.71. The van der Waals surface area contributed by atoms with E-state index in [-0.39, 0.29) is 18.0 Å². The summed E-state index contributed by atoms with van der Waals surface area (Å²) >= 11 is 0. The van der Waals surface area contributed by atoms with Crippen molar-refractivity contribution in [3.05, 3.63) is 64.0 Å². The molecule has 1 aliphatic rings. The predicted octanol–water partition coefficient (Wildman–Crippen LogP) is 2.67. The van der Waals surface area contributed by atoms with Crippen molar-refractivity contribution in [3.63, 3.8) is 0 Å². The van der Waals surface area contributed by atoms with Crippen molar-refractivity contribution in [2.75, 3.05) is 18.0 Å². The van der Waals surface area contributed by atoms with Crippen LogP contribution in [0.5, 0.6) is 5.75 Å². The first kappa shape index (κ1) is 19.3. The summed E-state index contributed by atoms with van der Waals surface area (Å²) in [6.07, 6.45) is -0.183. The number of benzene rings is 2. The van der Waals surface area contributed by atoms with Crippen LogP contribution in [0.2, 0.25) is 0 Å². The van der Waals surface area contributed by atoms with Gasteiger partial charge in [0.15, 0.2) is 6.10 Å². The smallest absolute Gasteiger partial charge is 0.305 e. The average Bonchev–Trinajstić information content (AvgIpc) is 2.70. The van der Waals surface area contributed by atoms with Gasteiger partial charge in [0.25, 0.3) is 11.8 Å². The molecule has 0 aliphatic carbocycles. The predicted molar refractivity (Wildman–Crippen MR) is 98.9 cm³/mol. The number of nitrogens with one attached hydrogen (secondary N) is 1. The molecule has 0 spiro atoms. The van der Waals surface area contributed by atoms with Gasteiger partial charge < -0.3 is 15.0 Å². The third kappa shape index (κ3) is 3.78. The van der Waals surface area contributed by atoms with E-state index in [1.165, 1.54) is 11.0 Å². The van der Waals surface area contributed by atoms with Crippen LogP contribution in [0.15, 0.2) is 42.5 Å². The molecule has 0 unspecified atom stereocenters. The highest BCUT2D eigenvalue weighted by molar-refractivity contribution is 6.08. The largest absolute Gasteiger partial charge is 0.477 e. The van der Waals surface area contributed by atoms with E-state index in [9.17, 15) is 24.1 Å². The molecule has 146 valence electrons. The Hall–Kier alpha value is -3.49. The number of carbonyl (C=O) groups excluding carboxylic acids is 2. The van der Waals surface area contributed by atoms with Gasteiger partial charge >= 0.3 is 5.69 Å². The summed E-state index contributed by atoms with van der Waals surface area (Å²) < 4.78 is 19.3. The molecule has 0 fully saturated rings. The number of carbonyl (C=O) groups is 2. The number of nitrogens with zero attached hydrogens (tertiary/aromatic N) is 2.